The summed E-state index contributed by atoms with van der Waals surface area (Å²) in [7, 11) is 0. The zero-order chi connectivity index (χ0) is 18.8. The highest BCUT2D eigenvalue weighted by molar-refractivity contribution is 5.99. The van der Waals surface area contributed by atoms with Gasteiger partial charge in [0.2, 0.25) is 11.8 Å². The molecule has 0 bridgehead atoms. The lowest BCUT2D eigenvalue weighted by Gasteiger charge is -2.57. The summed E-state index contributed by atoms with van der Waals surface area (Å²) in [4.78, 5) is 16.9. The first-order chi connectivity index (χ1) is 12.4. The van der Waals surface area contributed by atoms with Gasteiger partial charge in [-0.05, 0) is 25.1 Å². The lowest BCUT2D eigenvalue weighted by molar-refractivity contribution is -0.166. The Morgan fingerprint density at radius 1 is 1.21 bits per heavy atom. The number of halogens is 2. The Morgan fingerprint density at radius 3 is 2.43 bits per heavy atom. The second-order valence-electron chi connectivity index (χ2n) is 7.10. The summed E-state index contributed by atoms with van der Waals surface area (Å²) in [6.07, 6.45) is 2.05. The zero-order valence-electron chi connectivity index (χ0n) is 16.2. The second-order valence-corrected chi connectivity index (χ2v) is 7.10. The van der Waals surface area contributed by atoms with Crippen LogP contribution in [-0.4, -0.2) is 29.1 Å². The van der Waals surface area contributed by atoms with Gasteiger partial charge < -0.3 is 20.5 Å². The van der Waals surface area contributed by atoms with Crippen molar-refractivity contribution in [3.05, 3.63) is 48.7 Å². The number of benzene rings is 1. The van der Waals surface area contributed by atoms with E-state index in [1.165, 1.54) is 0 Å². The van der Waals surface area contributed by atoms with Crippen LogP contribution in [0, 0.1) is 5.41 Å². The number of nitrogens with one attached hydrogen (secondary N) is 1. The van der Waals surface area contributed by atoms with Crippen molar-refractivity contribution in [3.63, 3.8) is 0 Å². The maximum Gasteiger partial charge on any atom is 0.245 e. The van der Waals surface area contributed by atoms with Crippen molar-refractivity contribution in [2.45, 2.75) is 38.8 Å². The van der Waals surface area contributed by atoms with Crippen LogP contribution < -0.4 is 15.8 Å². The summed E-state index contributed by atoms with van der Waals surface area (Å²) in [6.45, 7) is 6.48. The quantitative estimate of drug-likeness (QED) is 0.721. The van der Waals surface area contributed by atoms with Crippen molar-refractivity contribution in [1.29, 1.82) is 0 Å². The number of carbonyl (C=O) groups is 1. The van der Waals surface area contributed by atoms with E-state index in [-0.39, 0.29) is 36.8 Å². The van der Waals surface area contributed by atoms with Crippen molar-refractivity contribution >= 4 is 36.4 Å². The number of hydrogen-bond acceptors (Lipinski definition) is 5. The van der Waals surface area contributed by atoms with Crippen LogP contribution in [0.15, 0.2) is 48.7 Å². The average molecular weight is 428 g/mol. The van der Waals surface area contributed by atoms with Gasteiger partial charge in [-0.15, -0.1) is 24.8 Å². The fourth-order valence-electron chi connectivity index (χ4n) is 3.19. The van der Waals surface area contributed by atoms with E-state index in [2.05, 4.69) is 10.3 Å². The van der Waals surface area contributed by atoms with E-state index in [9.17, 15) is 4.79 Å². The van der Waals surface area contributed by atoms with E-state index in [0.29, 0.717) is 30.3 Å². The van der Waals surface area contributed by atoms with E-state index < -0.39 is 11.0 Å². The summed E-state index contributed by atoms with van der Waals surface area (Å²) in [5.74, 6) is 0.935. The third-order valence-electron chi connectivity index (χ3n) is 5.19. The molecule has 8 heteroatoms. The minimum atomic E-state index is -0.966. The summed E-state index contributed by atoms with van der Waals surface area (Å²) in [5.41, 5.74) is 5.57. The van der Waals surface area contributed by atoms with Gasteiger partial charge in [-0.3, -0.25) is 4.79 Å². The molecule has 1 saturated carbocycles. The Bertz CT molecular complexity index is 772. The SMILES string of the molecule is CCOC1CC(N)(C(=O)Nc2ccc(Oc3ccccc3)nc2)C1(C)C.Cl.Cl. The summed E-state index contributed by atoms with van der Waals surface area (Å²) < 4.78 is 11.3. The zero-order valence-corrected chi connectivity index (χ0v) is 17.8. The molecule has 1 aliphatic carbocycles. The summed E-state index contributed by atoms with van der Waals surface area (Å²) >= 11 is 0. The van der Waals surface area contributed by atoms with Crippen LogP contribution in [0.25, 0.3) is 0 Å². The number of para-hydroxylation sites is 1. The van der Waals surface area contributed by atoms with E-state index in [1.807, 2.05) is 51.1 Å². The predicted octanol–water partition coefficient (Wildman–Crippen LogP) is 4.19. The second kappa shape index (κ2) is 9.56. The number of ether oxygens (including phenoxy) is 2. The molecular formula is C20H27Cl2N3O3. The summed E-state index contributed by atoms with van der Waals surface area (Å²) in [5, 5.41) is 2.86. The van der Waals surface area contributed by atoms with Crippen LogP contribution in [-0.2, 0) is 9.53 Å². The van der Waals surface area contributed by atoms with Gasteiger partial charge in [0.05, 0.1) is 18.0 Å². The maximum atomic E-state index is 12.7. The van der Waals surface area contributed by atoms with Gasteiger partial charge in [-0.2, -0.15) is 0 Å². The molecule has 1 heterocycles. The number of aromatic nitrogens is 1. The highest BCUT2D eigenvalue weighted by Gasteiger charge is 2.62. The van der Waals surface area contributed by atoms with Crippen LogP contribution >= 0.6 is 24.8 Å². The molecule has 0 saturated heterocycles. The normalized spacial score (nSPS) is 22.1. The van der Waals surface area contributed by atoms with Gasteiger partial charge in [0.15, 0.2) is 0 Å². The largest absolute Gasteiger partial charge is 0.439 e. The number of nitrogens with two attached hydrogens (primary N) is 1. The molecule has 2 unspecified atom stereocenters. The smallest absolute Gasteiger partial charge is 0.245 e. The third kappa shape index (κ3) is 4.58. The number of anilines is 1. The monoisotopic (exact) mass is 427 g/mol. The van der Waals surface area contributed by atoms with Crippen LogP contribution in [0.3, 0.4) is 0 Å². The lowest BCUT2D eigenvalue weighted by Crippen LogP contribution is -2.74. The Hall–Kier alpha value is -1.86. The van der Waals surface area contributed by atoms with Crippen molar-refractivity contribution in [3.8, 4) is 11.6 Å². The molecule has 28 heavy (non-hydrogen) atoms. The molecule has 6 nitrogen and oxygen atoms in total. The Kier molecular flexibility index (Phi) is 8.26. The number of pyridine rings is 1. The van der Waals surface area contributed by atoms with Crippen molar-refractivity contribution in [2.75, 3.05) is 11.9 Å². The summed E-state index contributed by atoms with van der Waals surface area (Å²) in [6, 6.07) is 12.9. The number of nitrogens with zero attached hydrogens (tertiary/aromatic N) is 1. The predicted molar refractivity (Wildman–Crippen MR) is 115 cm³/mol. The number of carbonyl (C=O) groups excluding carboxylic acids is 1. The van der Waals surface area contributed by atoms with E-state index >= 15 is 0 Å². The molecule has 0 aliphatic heterocycles. The fourth-order valence-corrected chi connectivity index (χ4v) is 3.19. The average Bonchev–Trinajstić information content (AvgIpc) is 2.64. The topological polar surface area (TPSA) is 86.5 Å². The molecular weight excluding hydrogens is 401 g/mol. The number of hydrogen-bond donors (Lipinski definition) is 2. The van der Waals surface area contributed by atoms with Crippen LogP contribution in [0.1, 0.15) is 27.2 Å². The molecule has 1 aliphatic rings. The van der Waals surface area contributed by atoms with E-state index in [0.717, 1.165) is 0 Å². The van der Waals surface area contributed by atoms with Crippen molar-refractivity contribution < 1.29 is 14.3 Å². The van der Waals surface area contributed by atoms with E-state index in [4.69, 9.17) is 15.2 Å². The first kappa shape index (κ1) is 24.2. The molecule has 1 amide bonds. The molecule has 1 fully saturated rings. The highest BCUT2D eigenvalue weighted by atomic mass is 35.5. The Balaban J connectivity index is 0.00000196. The number of amides is 1. The maximum absolute atomic E-state index is 12.7. The molecule has 3 N–H and O–H groups in total. The van der Waals surface area contributed by atoms with Gasteiger partial charge >= 0.3 is 0 Å². The molecule has 1 aromatic carbocycles. The lowest BCUT2D eigenvalue weighted by atomic mass is 9.54. The number of rotatable bonds is 6. The van der Waals surface area contributed by atoms with Gasteiger partial charge in [0.25, 0.3) is 0 Å². The van der Waals surface area contributed by atoms with Gasteiger partial charge in [0, 0.05) is 24.5 Å². The van der Waals surface area contributed by atoms with E-state index in [1.54, 1.807) is 18.3 Å². The molecule has 0 spiro atoms. The van der Waals surface area contributed by atoms with Crippen LogP contribution in [0.2, 0.25) is 0 Å². The van der Waals surface area contributed by atoms with Crippen LogP contribution in [0.4, 0.5) is 5.69 Å². The van der Waals surface area contributed by atoms with Crippen LogP contribution in [0.5, 0.6) is 11.6 Å². The Morgan fingerprint density at radius 2 is 1.89 bits per heavy atom. The molecule has 2 aromatic rings. The van der Waals surface area contributed by atoms with Crippen molar-refractivity contribution in [2.24, 2.45) is 11.1 Å². The highest BCUT2D eigenvalue weighted by Crippen LogP contribution is 2.50. The minimum Gasteiger partial charge on any atom is -0.439 e. The molecule has 2 atom stereocenters. The molecule has 154 valence electrons. The molecule has 0 radical (unpaired) electrons. The van der Waals surface area contributed by atoms with Crippen molar-refractivity contribution in [1.82, 2.24) is 4.98 Å². The van der Waals surface area contributed by atoms with Gasteiger partial charge in [-0.25, -0.2) is 4.98 Å². The van der Waals surface area contributed by atoms with Gasteiger partial charge in [0.1, 0.15) is 11.3 Å². The molecule has 1 aromatic heterocycles. The third-order valence-corrected chi connectivity index (χ3v) is 5.19. The Labute approximate surface area is 178 Å². The first-order valence-electron chi connectivity index (χ1n) is 8.77. The first-order valence-corrected chi connectivity index (χ1v) is 8.77. The standard InChI is InChI=1S/C20H25N3O3.2ClH/c1-4-25-16-12-20(21,19(16,2)3)18(24)23-14-10-11-17(22-13-14)26-15-8-6-5-7-9-15;;/h5-11,13,16H,4,12,21H2,1-3H3,(H,23,24);2*1H. The fraction of sp³-hybridized carbons (Fsp3) is 0.400. The van der Waals surface area contributed by atoms with Gasteiger partial charge in [-0.1, -0.05) is 32.0 Å². The minimum absolute atomic E-state index is 0. The molecule has 3 rings (SSSR count).